The van der Waals surface area contributed by atoms with E-state index in [0.717, 1.165) is 0 Å². The molecule has 7 heteroatoms. The van der Waals surface area contributed by atoms with E-state index >= 15 is 0 Å². The first-order valence-corrected chi connectivity index (χ1v) is 4.46. The Hall–Kier alpha value is -0.280. The van der Waals surface area contributed by atoms with E-state index in [0.29, 0.717) is 0 Å². The minimum absolute atomic E-state index is 0.702. The molecule has 1 aliphatic heterocycles. The van der Waals surface area contributed by atoms with Crippen molar-refractivity contribution >= 4 is 0 Å². The lowest BCUT2D eigenvalue weighted by Gasteiger charge is -2.30. The molecule has 15 heavy (non-hydrogen) atoms. The molecule has 0 aliphatic carbocycles. The lowest BCUT2D eigenvalue weighted by molar-refractivity contribution is -0.287. The van der Waals surface area contributed by atoms with Crippen molar-refractivity contribution in [1.82, 2.24) is 0 Å². The first-order valence-electron chi connectivity index (χ1n) is 4.46. The Balaban J connectivity index is 3.01. The number of hydrogen-bond donors (Lipinski definition) is 5. The Labute approximate surface area is 86.5 Å². The molecule has 0 saturated carbocycles. The average molecular weight is 224 g/mol. The number of hydrogen-bond acceptors (Lipinski definition) is 7. The molecule has 0 unspecified atom stereocenters. The Kier molecular flexibility index (Phi) is 3.67. The highest BCUT2D eigenvalue weighted by atomic mass is 16.7. The van der Waals surface area contributed by atoms with Crippen LogP contribution in [0, 0.1) is 0 Å². The van der Waals surface area contributed by atoms with Crippen molar-refractivity contribution in [3.8, 4) is 0 Å². The summed E-state index contributed by atoms with van der Waals surface area (Å²) in [7, 11) is 1.18. The highest BCUT2D eigenvalue weighted by molar-refractivity contribution is 5.05. The number of rotatable bonds is 4. The summed E-state index contributed by atoms with van der Waals surface area (Å²) in [5.74, 6) is -1.81. The SMILES string of the molecule is CO[C@@]1(CO)OC(CO)(CO)[C@@H](O)[C@@H]1O. The van der Waals surface area contributed by atoms with Crippen LogP contribution in [-0.2, 0) is 9.47 Å². The standard InChI is InChI=1S/C8H16O7/c1-14-8(4-11)6(13)5(12)7(2-9,3-10)15-8/h5-6,9-13H,2-4H2,1H3/t5-,6-,8-/m0/s1. The predicted molar refractivity (Wildman–Crippen MR) is 46.8 cm³/mol. The van der Waals surface area contributed by atoms with Gasteiger partial charge in [0.2, 0.25) is 5.79 Å². The molecular weight excluding hydrogens is 208 g/mol. The van der Waals surface area contributed by atoms with E-state index in [-0.39, 0.29) is 0 Å². The maximum Gasteiger partial charge on any atom is 0.221 e. The summed E-state index contributed by atoms with van der Waals surface area (Å²) in [6, 6.07) is 0. The van der Waals surface area contributed by atoms with Gasteiger partial charge in [0.15, 0.2) is 0 Å². The fraction of sp³-hybridized carbons (Fsp3) is 1.00. The fourth-order valence-corrected chi connectivity index (χ4v) is 1.65. The second kappa shape index (κ2) is 4.30. The van der Waals surface area contributed by atoms with E-state index in [2.05, 4.69) is 0 Å². The van der Waals surface area contributed by atoms with Gasteiger partial charge in [0.25, 0.3) is 0 Å². The topological polar surface area (TPSA) is 120 Å². The molecule has 0 radical (unpaired) electrons. The van der Waals surface area contributed by atoms with Crippen molar-refractivity contribution in [3.05, 3.63) is 0 Å². The van der Waals surface area contributed by atoms with E-state index < -0.39 is 43.4 Å². The molecule has 0 amide bonds. The Bertz CT molecular complexity index is 189. The average Bonchev–Trinajstić information content (AvgIpc) is 2.51. The van der Waals surface area contributed by atoms with Gasteiger partial charge in [-0.05, 0) is 0 Å². The summed E-state index contributed by atoms with van der Waals surface area (Å²) < 4.78 is 9.87. The predicted octanol–water partition coefficient (Wildman–Crippen LogP) is -3.20. The number of aliphatic hydroxyl groups excluding tert-OH is 5. The molecule has 90 valence electrons. The van der Waals surface area contributed by atoms with Crippen LogP contribution in [0.3, 0.4) is 0 Å². The highest BCUT2D eigenvalue weighted by Gasteiger charge is 2.62. The number of ether oxygens (including phenoxy) is 2. The van der Waals surface area contributed by atoms with E-state index in [1.54, 1.807) is 0 Å². The molecule has 3 atom stereocenters. The minimum Gasteiger partial charge on any atom is -0.393 e. The van der Waals surface area contributed by atoms with Crippen molar-refractivity contribution in [1.29, 1.82) is 0 Å². The maximum atomic E-state index is 9.62. The molecule has 1 fully saturated rings. The largest absolute Gasteiger partial charge is 0.393 e. The van der Waals surface area contributed by atoms with Crippen molar-refractivity contribution < 1.29 is 35.0 Å². The fourth-order valence-electron chi connectivity index (χ4n) is 1.65. The van der Waals surface area contributed by atoms with Gasteiger partial charge in [0, 0.05) is 7.11 Å². The highest BCUT2D eigenvalue weighted by Crippen LogP contribution is 2.38. The summed E-state index contributed by atoms with van der Waals surface area (Å²) in [6.07, 6.45) is -3.09. The zero-order chi connectivity index (χ0) is 11.7. The molecule has 1 saturated heterocycles. The molecule has 0 aromatic heterocycles. The van der Waals surface area contributed by atoms with Gasteiger partial charge in [-0.1, -0.05) is 0 Å². The second-order valence-corrected chi connectivity index (χ2v) is 3.55. The zero-order valence-corrected chi connectivity index (χ0v) is 8.33. The Morgan fingerprint density at radius 2 is 1.60 bits per heavy atom. The van der Waals surface area contributed by atoms with Crippen LogP contribution in [0.2, 0.25) is 0 Å². The van der Waals surface area contributed by atoms with Crippen LogP contribution < -0.4 is 0 Å². The number of methoxy groups -OCH3 is 1. The molecule has 0 spiro atoms. The molecule has 0 aromatic carbocycles. The molecular formula is C8H16O7. The van der Waals surface area contributed by atoms with Crippen molar-refractivity contribution in [3.63, 3.8) is 0 Å². The third kappa shape index (κ3) is 1.66. The van der Waals surface area contributed by atoms with Gasteiger partial charge in [-0.3, -0.25) is 0 Å². The Morgan fingerprint density at radius 1 is 1.07 bits per heavy atom. The maximum absolute atomic E-state index is 9.62. The van der Waals surface area contributed by atoms with Crippen LogP contribution in [0.5, 0.6) is 0 Å². The second-order valence-electron chi connectivity index (χ2n) is 3.55. The molecule has 0 aromatic rings. The summed E-state index contributed by atoms with van der Waals surface area (Å²) in [4.78, 5) is 0. The van der Waals surface area contributed by atoms with Gasteiger partial charge < -0.3 is 35.0 Å². The molecule has 5 N–H and O–H groups in total. The summed E-state index contributed by atoms with van der Waals surface area (Å²) in [5.41, 5.74) is -1.72. The summed E-state index contributed by atoms with van der Waals surface area (Å²) >= 11 is 0. The van der Waals surface area contributed by atoms with E-state index in [4.69, 9.17) is 24.8 Å². The third-order valence-electron chi connectivity index (χ3n) is 2.77. The third-order valence-corrected chi connectivity index (χ3v) is 2.77. The lowest BCUT2D eigenvalue weighted by atomic mass is 9.95. The van der Waals surface area contributed by atoms with E-state index in [1.807, 2.05) is 0 Å². The van der Waals surface area contributed by atoms with Gasteiger partial charge in [0.1, 0.15) is 24.4 Å². The minimum atomic E-state index is -1.81. The van der Waals surface area contributed by atoms with Crippen LogP contribution in [0.4, 0.5) is 0 Å². The van der Waals surface area contributed by atoms with Crippen LogP contribution in [0.1, 0.15) is 0 Å². The first kappa shape index (κ1) is 12.8. The van der Waals surface area contributed by atoms with Gasteiger partial charge in [-0.15, -0.1) is 0 Å². The van der Waals surface area contributed by atoms with E-state index in [1.165, 1.54) is 7.11 Å². The monoisotopic (exact) mass is 224 g/mol. The Morgan fingerprint density at radius 3 is 1.80 bits per heavy atom. The van der Waals surface area contributed by atoms with Crippen molar-refractivity contribution in [2.24, 2.45) is 0 Å². The number of aliphatic hydroxyl groups is 5. The van der Waals surface area contributed by atoms with Gasteiger partial charge in [-0.2, -0.15) is 0 Å². The quantitative estimate of drug-likeness (QED) is 0.341. The summed E-state index contributed by atoms with van der Waals surface area (Å²) in [5, 5.41) is 46.4. The smallest absolute Gasteiger partial charge is 0.221 e. The van der Waals surface area contributed by atoms with Gasteiger partial charge in [-0.25, -0.2) is 0 Å². The van der Waals surface area contributed by atoms with Crippen LogP contribution in [-0.4, -0.2) is 76.1 Å². The zero-order valence-electron chi connectivity index (χ0n) is 8.33. The first-order chi connectivity index (χ1) is 7.02. The lowest BCUT2D eigenvalue weighted by Crippen LogP contribution is -2.49. The molecule has 1 heterocycles. The van der Waals surface area contributed by atoms with Gasteiger partial charge >= 0.3 is 0 Å². The van der Waals surface area contributed by atoms with Crippen LogP contribution >= 0.6 is 0 Å². The molecule has 0 bridgehead atoms. The van der Waals surface area contributed by atoms with Crippen molar-refractivity contribution in [2.45, 2.75) is 23.6 Å². The molecule has 7 nitrogen and oxygen atoms in total. The van der Waals surface area contributed by atoms with Crippen LogP contribution in [0.15, 0.2) is 0 Å². The van der Waals surface area contributed by atoms with Gasteiger partial charge in [0.05, 0.1) is 13.2 Å². The summed E-state index contributed by atoms with van der Waals surface area (Å²) in [6.45, 7) is -2.11. The van der Waals surface area contributed by atoms with Crippen molar-refractivity contribution in [2.75, 3.05) is 26.9 Å². The van der Waals surface area contributed by atoms with Crippen LogP contribution in [0.25, 0.3) is 0 Å². The molecule has 1 aliphatic rings. The normalized spacial score (nSPS) is 39.6. The molecule has 1 rings (SSSR count). The van der Waals surface area contributed by atoms with E-state index in [9.17, 15) is 10.2 Å².